The van der Waals surface area contributed by atoms with Gasteiger partial charge >= 0.3 is 0 Å². The highest BCUT2D eigenvalue weighted by molar-refractivity contribution is 7.98. The molecule has 0 aliphatic heterocycles. The fourth-order valence-corrected chi connectivity index (χ4v) is 4.55. The molecule has 0 bridgehead atoms. The molecule has 0 N–H and O–H groups in total. The molecule has 0 saturated heterocycles. The largest absolute Gasteiger partial charge is 0.316 e. The first kappa shape index (κ1) is 18.9. The van der Waals surface area contributed by atoms with Gasteiger partial charge in [-0.15, -0.1) is 0 Å². The molecule has 1 heterocycles. The third-order valence-electron chi connectivity index (χ3n) is 4.42. The Morgan fingerprint density at radius 1 is 1.12 bits per heavy atom. The van der Waals surface area contributed by atoms with Gasteiger partial charge in [-0.25, -0.2) is 0 Å². The number of nitrogens with zero attached hydrogens (tertiary/aromatic N) is 2. The number of hydrogen-bond donors (Lipinski definition) is 0. The Balaban J connectivity index is 1.98. The Morgan fingerprint density at radius 3 is 2.58 bits per heavy atom. The molecule has 2 aromatic carbocycles. The molecule has 0 radical (unpaired) electrons. The van der Waals surface area contributed by atoms with E-state index in [0.29, 0.717) is 6.42 Å². The molecule has 0 unspecified atom stereocenters. The number of thioether (sulfide) groups is 1. The van der Waals surface area contributed by atoms with E-state index >= 15 is 0 Å². The van der Waals surface area contributed by atoms with Crippen LogP contribution in [0.25, 0.3) is 10.2 Å². The first-order chi connectivity index (χ1) is 12.5. The number of fused-ring (bicyclic) bond motifs is 1. The predicted molar refractivity (Wildman–Crippen MR) is 113 cm³/mol. The summed E-state index contributed by atoms with van der Waals surface area (Å²) >= 11 is 3.40. The average Bonchev–Trinajstić information content (AvgIpc) is 2.91. The Bertz CT molecular complexity index is 1010. The van der Waals surface area contributed by atoms with Crippen molar-refractivity contribution < 1.29 is 4.79 Å². The van der Waals surface area contributed by atoms with Gasteiger partial charge in [0.2, 0.25) is 0 Å². The molecule has 0 atom stereocenters. The molecule has 1 aromatic heterocycles. The van der Waals surface area contributed by atoms with Crippen LogP contribution in [0.3, 0.4) is 0 Å². The summed E-state index contributed by atoms with van der Waals surface area (Å²) in [4.78, 5) is 17.9. The lowest BCUT2D eigenvalue weighted by Crippen LogP contribution is -2.18. The van der Waals surface area contributed by atoms with Gasteiger partial charge in [0.25, 0.3) is 5.91 Å². The zero-order valence-electron chi connectivity index (χ0n) is 15.7. The molecule has 3 nitrogen and oxygen atoms in total. The smallest absolute Gasteiger partial charge is 0.252 e. The number of carbonyl (C=O) groups is 1. The number of carbonyl (C=O) groups excluding carboxylic acids is 1. The fourth-order valence-electron chi connectivity index (χ4n) is 3.02. The van der Waals surface area contributed by atoms with Crippen LogP contribution in [0.1, 0.15) is 22.3 Å². The summed E-state index contributed by atoms with van der Waals surface area (Å²) in [5.74, 6) is 0.913. The minimum Gasteiger partial charge on any atom is -0.316 e. The topological polar surface area (TPSA) is 34.4 Å². The van der Waals surface area contributed by atoms with E-state index in [9.17, 15) is 4.79 Å². The van der Waals surface area contributed by atoms with Gasteiger partial charge in [0.15, 0.2) is 4.80 Å². The number of aromatic nitrogens is 1. The van der Waals surface area contributed by atoms with Crippen molar-refractivity contribution in [1.82, 2.24) is 4.57 Å². The quantitative estimate of drug-likeness (QED) is 0.641. The molecule has 3 rings (SSSR count). The third-order valence-corrected chi connectivity index (χ3v) is 6.05. The summed E-state index contributed by atoms with van der Waals surface area (Å²) in [6.45, 7) is 7.07. The maximum absolute atomic E-state index is 12.6. The van der Waals surface area contributed by atoms with E-state index < -0.39 is 0 Å². The minimum absolute atomic E-state index is 0.0851. The van der Waals surface area contributed by atoms with Crippen LogP contribution < -0.4 is 4.80 Å². The molecule has 1 amide bonds. The highest BCUT2D eigenvalue weighted by Crippen LogP contribution is 2.19. The van der Waals surface area contributed by atoms with E-state index in [-0.39, 0.29) is 5.91 Å². The first-order valence-corrected chi connectivity index (χ1v) is 10.9. The van der Waals surface area contributed by atoms with Crippen LogP contribution in [0.4, 0.5) is 0 Å². The van der Waals surface area contributed by atoms with Gasteiger partial charge in [-0.05, 0) is 55.9 Å². The number of rotatable bonds is 5. The molecule has 0 aliphatic rings. The zero-order chi connectivity index (χ0) is 18.7. The van der Waals surface area contributed by atoms with Crippen LogP contribution in [0.15, 0.2) is 41.4 Å². The highest BCUT2D eigenvalue weighted by atomic mass is 32.2. The third kappa shape index (κ3) is 4.27. The van der Waals surface area contributed by atoms with E-state index in [0.717, 1.165) is 33.7 Å². The van der Waals surface area contributed by atoms with Crippen LogP contribution in [0.5, 0.6) is 0 Å². The Morgan fingerprint density at radius 2 is 1.85 bits per heavy atom. The molecule has 5 heteroatoms. The van der Waals surface area contributed by atoms with Crippen LogP contribution in [0, 0.1) is 20.8 Å². The van der Waals surface area contributed by atoms with Gasteiger partial charge in [-0.2, -0.15) is 16.8 Å². The van der Waals surface area contributed by atoms with Gasteiger partial charge < -0.3 is 4.57 Å². The van der Waals surface area contributed by atoms with Gasteiger partial charge in [-0.1, -0.05) is 41.2 Å². The Kier molecular flexibility index (Phi) is 5.99. The van der Waals surface area contributed by atoms with Crippen LogP contribution in [-0.2, 0) is 17.8 Å². The normalized spacial score (nSPS) is 12.1. The summed E-state index contributed by atoms with van der Waals surface area (Å²) in [5, 5.41) is 0. The molecular formula is C21H24N2OS2. The van der Waals surface area contributed by atoms with Crippen LogP contribution in [0.2, 0.25) is 0 Å². The van der Waals surface area contributed by atoms with Crippen LogP contribution in [-0.4, -0.2) is 22.5 Å². The van der Waals surface area contributed by atoms with Crippen molar-refractivity contribution in [2.75, 3.05) is 12.0 Å². The number of hydrogen-bond acceptors (Lipinski definition) is 3. The summed E-state index contributed by atoms with van der Waals surface area (Å²) < 4.78 is 3.36. The number of thiazole rings is 1. The van der Waals surface area contributed by atoms with Gasteiger partial charge in [-0.3, -0.25) is 4.79 Å². The van der Waals surface area contributed by atoms with Crippen LogP contribution >= 0.6 is 23.1 Å². The van der Waals surface area contributed by atoms with Gasteiger partial charge in [0, 0.05) is 12.3 Å². The lowest BCUT2D eigenvalue weighted by atomic mass is 10.0. The number of aryl methyl sites for hydroxylation is 4. The molecule has 0 fully saturated rings. The van der Waals surface area contributed by atoms with E-state index in [4.69, 9.17) is 0 Å². The van der Waals surface area contributed by atoms with E-state index in [2.05, 4.69) is 66.9 Å². The molecule has 0 aliphatic carbocycles. The second kappa shape index (κ2) is 8.23. The average molecular weight is 385 g/mol. The van der Waals surface area contributed by atoms with Crippen molar-refractivity contribution in [2.24, 2.45) is 4.99 Å². The van der Waals surface area contributed by atoms with Crippen molar-refractivity contribution in [3.63, 3.8) is 0 Å². The Labute approximate surface area is 162 Å². The van der Waals surface area contributed by atoms with Gasteiger partial charge in [0.05, 0.1) is 16.6 Å². The SMILES string of the molecule is CSCCn1c(=NC(=O)Cc2ccc(C)cc2C)sc2cc(C)ccc21. The summed E-state index contributed by atoms with van der Waals surface area (Å²) in [6, 6.07) is 12.6. The van der Waals surface area contributed by atoms with E-state index in [1.807, 2.05) is 6.07 Å². The summed E-state index contributed by atoms with van der Waals surface area (Å²) in [5.41, 5.74) is 5.80. The van der Waals surface area contributed by atoms with Crippen molar-refractivity contribution in [1.29, 1.82) is 0 Å². The van der Waals surface area contributed by atoms with Crippen molar-refractivity contribution >= 4 is 39.2 Å². The van der Waals surface area contributed by atoms with Crippen molar-refractivity contribution in [3.8, 4) is 0 Å². The minimum atomic E-state index is -0.0851. The molecule has 26 heavy (non-hydrogen) atoms. The summed E-state index contributed by atoms with van der Waals surface area (Å²) in [7, 11) is 0. The fraction of sp³-hybridized carbons (Fsp3) is 0.333. The maximum Gasteiger partial charge on any atom is 0.252 e. The molecule has 0 saturated carbocycles. The second-order valence-electron chi connectivity index (χ2n) is 6.61. The highest BCUT2D eigenvalue weighted by Gasteiger charge is 2.10. The maximum atomic E-state index is 12.6. The number of benzene rings is 2. The lowest BCUT2D eigenvalue weighted by Gasteiger charge is -2.05. The lowest BCUT2D eigenvalue weighted by molar-refractivity contribution is -0.117. The van der Waals surface area contributed by atoms with Gasteiger partial charge in [0.1, 0.15) is 0 Å². The predicted octanol–water partition coefficient (Wildman–Crippen LogP) is 4.66. The summed E-state index contributed by atoms with van der Waals surface area (Å²) in [6.07, 6.45) is 2.45. The molecular weight excluding hydrogens is 360 g/mol. The molecule has 3 aromatic rings. The van der Waals surface area contributed by atoms with E-state index in [1.54, 1.807) is 23.1 Å². The van der Waals surface area contributed by atoms with E-state index in [1.165, 1.54) is 15.8 Å². The zero-order valence-corrected chi connectivity index (χ0v) is 17.3. The molecule has 136 valence electrons. The number of amides is 1. The Hall–Kier alpha value is -1.85. The standard InChI is InChI=1S/C21H24N2OS2/c1-14-5-7-17(16(3)11-14)13-20(24)22-21-23(9-10-25-4)18-8-6-15(2)12-19(18)26-21/h5-8,11-12H,9-10,13H2,1-4H3. The van der Waals surface area contributed by atoms with Crippen molar-refractivity contribution in [3.05, 3.63) is 63.5 Å². The first-order valence-electron chi connectivity index (χ1n) is 8.70. The molecule has 0 spiro atoms. The second-order valence-corrected chi connectivity index (χ2v) is 8.61. The monoisotopic (exact) mass is 384 g/mol. The van der Waals surface area contributed by atoms with Crippen molar-refractivity contribution in [2.45, 2.75) is 33.7 Å².